The van der Waals surface area contributed by atoms with Crippen molar-refractivity contribution in [3.05, 3.63) is 59.9 Å². The zero-order chi connectivity index (χ0) is 22.8. The van der Waals surface area contributed by atoms with E-state index >= 15 is 0 Å². The van der Waals surface area contributed by atoms with Gasteiger partial charge in [-0.1, -0.05) is 13.8 Å². The highest BCUT2D eigenvalue weighted by Crippen LogP contribution is 2.13. The third-order valence-electron chi connectivity index (χ3n) is 4.17. The molecule has 0 radical (unpaired) electrons. The molecule has 9 heteroatoms. The van der Waals surface area contributed by atoms with Crippen molar-refractivity contribution in [2.75, 3.05) is 13.2 Å². The largest absolute Gasteiger partial charge is 0.494 e. The number of carbonyl (C=O) groups excluding carboxylic acids is 3. The molecule has 0 saturated carbocycles. The zero-order valence-electron chi connectivity index (χ0n) is 17.6. The Morgan fingerprint density at radius 1 is 0.903 bits per heavy atom. The van der Waals surface area contributed by atoms with Crippen LogP contribution in [0.4, 0.5) is 4.39 Å². The average molecular weight is 431 g/mol. The number of amides is 3. The number of hydrogen-bond acceptors (Lipinski definition) is 5. The maximum absolute atomic E-state index is 12.9. The molecule has 2 aromatic rings. The maximum atomic E-state index is 12.9. The van der Waals surface area contributed by atoms with Crippen molar-refractivity contribution >= 4 is 17.7 Å². The van der Waals surface area contributed by atoms with E-state index in [-0.39, 0.29) is 12.5 Å². The van der Waals surface area contributed by atoms with E-state index in [2.05, 4.69) is 16.2 Å². The lowest BCUT2D eigenvalue weighted by Crippen LogP contribution is -2.54. The van der Waals surface area contributed by atoms with Gasteiger partial charge in [0.25, 0.3) is 17.7 Å². The molecule has 0 aliphatic heterocycles. The van der Waals surface area contributed by atoms with Crippen LogP contribution in [-0.2, 0) is 9.59 Å². The molecule has 0 heterocycles. The van der Waals surface area contributed by atoms with Crippen LogP contribution < -0.4 is 25.6 Å². The number of hydrogen-bond donors (Lipinski definition) is 3. The molecule has 3 N–H and O–H groups in total. The predicted molar refractivity (Wildman–Crippen MR) is 112 cm³/mol. The standard InChI is InChI=1S/C22H26FN3O5/c1-4-30-17-9-5-15(6-10-17)21(28)24-20(14(2)3)22(29)26-25-19(27)13-31-18-11-7-16(23)8-12-18/h5-12,14,20H,4,13H2,1-3H3,(H,24,28)(H,25,27)(H,26,29)/t20-/m0/s1. The SMILES string of the molecule is CCOc1ccc(C(=O)N[C@H](C(=O)NNC(=O)COc2ccc(F)cc2)C(C)C)cc1. The fourth-order valence-electron chi connectivity index (χ4n) is 2.55. The van der Waals surface area contributed by atoms with E-state index in [0.717, 1.165) is 0 Å². The van der Waals surface area contributed by atoms with Crippen LogP contribution in [-0.4, -0.2) is 37.0 Å². The molecule has 3 amide bonds. The lowest BCUT2D eigenvalue weighted by Gasteiger charge is -2.22. The smallest absolute Gasteiger partial charge is 0.276 e. The number of ether oxygens (including phenoxy) is 2. The van der Waals surface area contributed by atoms with Gasteiger partial charge < -0.3 is 14.8 Å². The van der Waals surface area contributed by atoms with E-state index in [4.69, 9.17) is 9.47 Å². The zero-order valence-corrected chi connectivity index (χ0v) is 17.6. The van der Waals surface area contributed by atoms with Gasteiger partial charge >= 0.3 is 0 Å². The maximum Gasteiger partial charge on any atom is 0.276 e. The Kier molecular flexibility index (Phi) is 8.80. The van der Waals surface area contributed by atoms with E-state index in [0.29, 0.717) is 23.7 Å². The molecule has 0 aliphatic rings. The van der Waals surface area contributed by atoms with E-state index in [9.17, 15) is 18.8 Å². The molecule has 2 aromatic carbocycles. The monoisotopic (exact) mass is 431 g/mol. The fourth-order valence-corrected chi connectivity index (χ4v) is 2.55. The molecule has 31 heavy (non-hydrogen) atoms. The lowest BCUT2D eigenvalue weighted by atomic mass is 10.0. The van der Waals surface area contributed by atoms with Gasteiger partial charge in [0.2, 0.25) is 0 Å². The van der Waals surface area contributed by atoms with E-state index < -0.39 is 29.6 Å². The minimum atomic E-state index is -0.877. The van der Waals surface area contributed by atoms with Crippen molar-refractivity contribution in [3.63, 3.8) is 0 Å². The van der Waals surface area contributed by atoms with Gasteiger partial charge in [0.15, 0.2) is 6.61 Å². The minimum Gasteiger partial charge on any atom is -0.494 e. The first kappa shape index (κ1) is 23.7. The van der Waals surface area contributed by atoms with Crippen LogP contribution in [0.3, 0.4) is 0 Å². The summed E-state index contributed by atoms with van der Waals surface area (Å²) in [5.41, 5.74) is 4.88. The van der Waals surface area contributed by atoms with Crippen molar-refractivity contribution in [3.8, 4) is 11.5 Å². The molecule has 1 atom stereocenters. The molecule has 0 aliphatic carbocycles. The van der Waals surface area contributed by atoms with Crippen LogP contribution in [0.15, 0.2) is 48.5 Å². The molecule has 8 nitrogen and oxygen atoms in total. The van der Waals surface area contributed by atoms with Gasteiger partial charge in [-0.15, -0.1) is 0 Å². The summed E-state index contributed by atoms with van der Waals surface area (Å²) in [6.07, 6.45) is 0. The molecule has 166 valence electrons. The number of carbonyl (C=O) groups is 3. The Bertz CT molecular complexity index is 885. The van der Waals surface area contributed by atoms with Crippen molar-refractivity contribution in [1.82, 2.24) is 16.2 Å². The van der Waals surface area contributed by atoms with E-state index in [1.165, 1.54) is 24.3 Å². The molecule has 0 fully saturated rings. The van der Waals surface area contributed by atoms with E-state index in [1.54, 1.807) is 38.1 Å². The molecule has 2 rings (SSSR count). The number of hydrazine groups is 1. The summed E-state index contributed by atoms with van der Waals surface area (Å²) in [5, 5.41) is 2.66. The van der Waals surface area contributed by atoms with Gasteiger partial charge in [0.1, 0.15) is 23.4 Å². The first-order chi connectivity index (χ1) is 14.8. The number of nitrogens with one attached hydrogen (secondary N) is 3. The van der Waals surface area contributed by atoms with E-state index in [1.807, 2.05) is 6.92 Å². The summed E-state index contributed by atoms with van der Waals surface area (Å²) >= 11 is 0. The molecular formula is C22H26FN3O5. The number of rotatable bonds is 9. The van der Waals surface area contributed by atoms with Crippen LogP contribution in [0, 0.1) is 11.7 Å². The Morgan fingerprint density at radius 3 is 2.06 bits per heavy atom. The molecule has 0 bridgehead atoms. The Labute approximate surface area is 180 Å². The molecule has 0 spiro atoms. The van der Waals surface area contributed by atoms with Crippen LogP contribution in [0.5, 0.6) is 11.5 Å². The third-order valence-corrected chi connectivity index (χ3v) is 4.17. The molecule has 0 aromatic heterocycles. The second kappa shape index (κ2) is 11.5. The topological polar surface area (TPSA) is 106 Å². The average Bonchev–Trinajstić information content (AvgIpc) is 2.75. The summed E-state index contributed by atoms with van der Waals surface area (Å²) in [7, 11) is 0. The van der Waals surface area contributed by atoms with Gasteiger partial charge in [-0.05, 0) is 61.4 Å². The van der Waals surface area contributed by atoms with Crippen LogP contribution >= 0.6 is 0 Å². The second-order valence-electron chi connectivity index (χ2n) is 6.93. The van der Waals surface area contributed by atoms with Gasteiger partial charge in [-0.3, -0.25) is 25.2 Å². The predicted octanol–water partition coefficient (Wildman–Crippen LogP) is 2.21. The summed E-state index contributed by atoms with van der Waals surface area (Å²) in [4.78, 5) is 36.8. The van der Waals surface area contributed by atoms with Gasteiger partial charge in [0.05, 0.1) is 6.61 Å². The van der Waals surface area contributed by atoms with Crippen molar-refractivity contribution in [2.45, 2.75) is 26.8 Å². The van der Waals surface area contributed by atoms with Crippen molar-refractivity contribution < 1.29 is 28.2 Å². The van der Waals surface area contributed by atoms with Crippen molar-refractivity contribution in [1.29, 1.82) is 0 Å². The fraction of sp³-hybridized carbons (Fsp3) is 0.318. The van der Waals surface area contributed by atoms with Gasteiger partial charge in [-0.25, -0.2) is 4.39 Å². The Morgan fingerprint density at radius 2 is 1.48 bits per heavy atom. The summed E-state index contributed by atoms with van der Waals surface area (Å²) in [5.74, 6) is -1.33. The summed E-state index contributed by atoms with van der Waals surface area (Å²) in [6.45, 7) is 5.53. The highest BCUT2D eigenvalue weighted by Gasteiger charge is 2.25. The normalized spacial score (nSPS) is 11.4. The molecule has 0 saturated heterocycles. The minimum absolute atomic E-state index is 0.237. The van der Waals surface area contributed by atoms with Gasteiger partial charge in [0, 0.05) is 5.56 Å². The van der Waals surface area contributed by atoms with Gasteiger partial charge in [-0.2, -0.15) is 0 Å². The van der Waals surface area contributed by atoms with Crippen LogP contribution in [0.25, 0.3) is 0 Å². The first-order valence-corrected chi connectivity index (χ1v) is 9.81. The van der Waals surface area contributed by atoms with Crippen LogP contribution in [0.1, 0.15) is 31.1 Å². The Balaban J connectivity index is 1.85. The summed E-state index contributed by atoms with van der Waals surface area (Å²) in [6, 6.07) is 10.8. The highest BCUT2D eigenvalue weighted by molar-refractivity contribution is 5.98. The lowest BCUT2D eigenvalue weighted by molar-refractivity contribution is -0.131. The number of halogens is 1. The summed E-state index contributed by atoms with van der Waals surface area (Å²) < 4.78 is 23.4. The molecule has 0 unspecified atom stereocenters. The number of benzene rings is 2. The molecular weight excluding hydrogens is 405 g/mol. The first-order valence-electron chi connectivity index (χ1n) is 9.81. The third kappa shape index (κ3) is 7.61. The Hall–Kier alpha value is -3.62. The van der Waals surface area contributed by atoms with Crippen LogP contribution in [0.2, 0.25) is 0 Å². The van der Waals surface area contributed by atoms with Crippen molar-refractivity contribution in [2.24, 2.45) is 5.92 Å². The quantitative estimate of drug-likeness (QED) is 0.528. The second-order valence-corrected chi connectivity index (χ2v) is 6.93. The highest BCUT2D eigenvalue weighted by atomic mass is 19.1.